The van der Waals surface area contributed by atoms with Crippen LogP contribution >= 0.6 is 12.4 Å². The average Bonchev–Trinajstić information content (AvgIpc) is 2.45. The summed E-state index contributed by atoms with van der Waals surface area (Å²) in [6.07, 6.45) is 0.257. The van der Waals surface area contributed by atoms with Crippen LogP contribution in [0.25, 0.3) is 0 Å². The van der Waals surface area contributed by atoms with E-state index in [4.69, 9.17) is 10.5 Å². The second-order valence-corrected chi connectivity index (χ2v) is 4.09. The summed E-state index contributed by atoms with van der Waals surface area (Å²) in [5, 5.41) is 5.39. The molecule has 1 aromatic carbocycles. The number of nitrogens with one attached hydrogen (secondary N) is 2. The molecule has 21 heavy (non-hydrogen) atoms. The molecule has 0 saturated heterocycles. The van der Waals surface area contributed by atoms with Crippen molar-refractivity contribution in [1.82, 2.24) is 5.32 Å². The third-order valence-corrected chi connectivity index (χ3v) is 2.55. The van der Waals surface area contributed by atoms with E-state index in [9.17, 15) is 9.59 Å². The van der Waals surface area contributed by atoms with E-state index < -0.39 is 0 Å². The van der Waals surface area contributed by atoms with Crippen molar-refractivity contribution < 1.29 is 14.3 Å². The van der Waals surface area contributed by atoms with Gasteiger partial charge in [0.25, 0.3) is 5.91 Å². The second kappa shape index (κ2) is 11.1. The first-order chi connectivity index (χ1) is 9.69. The number of carbonyl (C=O) groups excluding carboxylic acids is 2. The smallest absolute Gasteiger partial charge is 0.253 e. The van der Waals surface area contributed by atoms with E-state index >= 15 is 0 Å². The summed E-state index contributed by atoms with van der Waals surface area (Å²) >= 11 is 0. The molecule has 0 spiro atoms. The summed E-state index contributed by atoms with van der Waals surface area (Å²) < 4.78 is 5.12. The minimum Gasteiger partial charge on any atom is -0.381 e. The number of halogens is 1. The van der Waals surface area contributed by atoms with Gasteiger partial charge in [-0.15, -0.1) is 12.4 Å². The molecule has 0 heterocycles. The molecule has 0 bridgehead atoms. The molecule has 4 N–H and O–H groups in total. The Morgan fingerprint density at radius 3 is 2.67 bits per heavy atom. The standard InChI is InChI=1S/C14H21N3O3.ClH/c1-2-20-10-7-13(18)17-12-6-4-3-5-11(12)14(19)16-9-8-15;/h3-6H,2,7-10,15H2,1H3,(H,16,19)(H,17,18);1H. The van der Waals surface area contributed by atoms with Gasteiger partial charge in [0.05, 0.1) is 24.3 Å². The minimum absolute atomic E-state index is 0. The summed E-state index contributed by atoms with van der Waals surface area (Å²) in [5.74, 6) is -0.436. The van der Waals surface area contributed by atoms with Crippen LogP contribution in [-0.4, -0.2) is 38.1 Å². The van der Waals surface area contributed by atoms with E-state index in [0.717, 1.165) is 0 Å². The zero-order valence-electron chi connectivity index (χ0n) is 12.1. The van der Waals surface area contributed by atoms with E-state index in [1.807, 2.05) is 6.92 Å². The predicted molar refractivity (Wildman–Crippen MR) is 84.8 cm³/mol. The molecule has 0 fully saturated rings. The van der Waals surface area contributed by atoms with Gasteiger partial charge in [0.15, 0.2) is 0 Å². The van der Waals surface area contributed by atoms with Gasteiger partial charge in [0, 0.05) is 19.7 Å². The fourth-order valence-electron chi connectivity index (χ4n) is 1.59. The van der Waals surface area contributed by atoms with Crippen LogP contribution in [0.4, 0.5) is 5.69 Å². The maximum atomic E-state index is 11.9. The van der Waals surface area contributed by atoms with E-state index in [-0.39, 0.29) is 30.6 Å². The Hall–Kier alpha value is -1.63. The number of ether oxygens (including phenoxy) is 1. The number of rotatable bonds is 8. The third kappa shape index (κ3) is 7.08. The SMILES string of the molecule is CCOCCC(=O)Nc1ccccc1C(=O)NCCN.Cl. The van der Waals surface area contributed by atoms with Gasteiger partial charge in [-0.2, -0.15) is 0 Å². The van der Waals surface area contributed by atoms with Crippen molar-refractivity contribution in [2.24, 2.45) is 5.73 Å². The molecule has 118 valence electrons. The Balaban J connectivity index is 0.00000400. The lowest BCUT2D eigenvalue weighted by atomic mass is 10.1. The van der Waals surface area contributed by atoms with Gasteiger partial charge in [0.2, 0.25) is 5.91 Å². The van der Waals surface area contributed by atoms with Crippen molar-refractivity contribution in [1.29, 1.82) is 0 Å². The number of nitrogens with two attached hydrogens (primary N) is 1. The molecule has 0 radical (unpaired) electrons. The van der Waals surface area contributed by atoms with Crippen molar-refractivity contribution in [3.8, 4) is 0 Å². The molecule has 2 amide bonds. The Kier molecular flexibility index (Phi) is 10.2. The summed E-state index contributed by atoms with van der Waals surface area (Å²) in [6, 6.07) is 6.85. The normalized spacial score (nSPS) is 9.62. The zero-order chi connectivity index (χ0) is 14.8. The molecular formula is C14H22ClN3O3. The Labute approximate surface area is 130 Å². The van der Waals surface area contributed by atoms with Crippen LogP contribution in [0.2, 0.25) is 0 Å². The van der Waals surface area contributed by atoms with Crippen LogP contribution in [0.15, 0.2) is 24.3 Å². The predicted octanol–water partition coefficient (Wildman–Crippen LogP) is 1.16. The van der Waals surface area contributed by atoms with Crippen molar-refractivity contribution in [2.75, 3.05) is 31.6 Å². The molecule has 0 aromatic heterocycles. The maximum absolute atomic E-state index is 11.9. The molecule has 0 saturated carbocycles. The number of hydrogen-bond acceptors (Lipinski definition) is 4. The minimum atomic E-state index is -0.254. The highest BCUT2D eigenvalue weighted by atomic mass is 35.5. The van der Waals surface area contributed by atoms with Crippen molar-refractivity contribution in [3.63, 3.8) is 0 Å². The van der Waals surface area contributed by atoms with Crippen LogP contribution in [0.3, 0.4) is 0 Å². The van der Waals surface area contributed by atoms with E-state index in [1.165, 1.54) is 0 Å². The zero-order valence-corrected chi connectivity index (χ0v) is 12.9. The highest BCUT2D eigenvalue weighted by molar-refractivity contribution is 6.03. The molecule has 0 aliphatic carbocycles. The van der Waals surface area contributed by atoms with Gasteiger partial charge in [-0.05, 0) is 19.1 Å². The molecule has 0 unspecified atom stereocenters. The largest absolute Gasteiger partial charge is 0.381 e. The number of amides is 2. The molecular weight excluding hydrogens is 294 g/mol. The lowest BCUT2D eigenvalue weighted by molar-refractivity contribution is -0.117. The average molecular weight is 316 g/mol. The summed E-state index contributed by atoms with van der Waals surface area (Å²) in [7, 11) is 0. The number of carbonyl (C=O) groups is 2. The van der Waals surface area contributed by atoms with Gasteiger partial charge in [-0.25, -0.2) is 0 Å². The molecule has 6 nitrogen and oxygen atoms in total. The number of hydrogen-bond donors (Lipinski definition) is 3. The van der Waals surface area contributed by atoms with Crippen molar-refractivity contribution >= 4 is 29.9 Å². The third-order valence-electron chi connectivity index (χ3n) is 2.55. The Bertz CT molecular complexity index is 455. The summed E-state index contributed by atoms with van der Waals surface area (Å²) in [6.45, 7) is 3.57. The number of benzene rings is 1. The number of anilines is 1. The van der Waals surface area contributed by atoms with Gasteiger partial charge >= 0.3 is 0 Å². The topological polar surface area (TPSA) is 93.4 Å². The van der Waals surface area contributed by atoms with Crippen molar-refractivity contribution in [2.45, 2.75) is 13.3 Å². The van der Waals surface area contributed by atoms with E-state index in [2.05, 4.69) is 10.6 Å². The lowest BCUT2D eigenvalue weighted by Gasteiger charge is -2.11. The molecule has 0 atom stereocenters. The van der Waals surface area contributed by atoms with E-state index in [1.54, 1.807) is 24.3 Å². The first kappa shape index (κ1) is 19.4. The van der Waals surface area contributed by atoms with Crippen LogP contribution in [-0.2, 0) is 9.53 Å². The molecule has 7 heteroatoms. The Morgan fingerprint density at radius 1 is 1.29 bits per heavy atom. The second-order valence-electron chi connectivity index (χ2n) is 4.09. The molecule has 0 aliphatic rings. The molecule has 0 aliphatic heterocycles. The number of para-hydroxylation sites is 1. The van der Waals surface area contributed by atoms with Gasteiger partial charge in [-0.1, -0.05) is 12.1 Å². The first-order valence-electron chi connectivity index (χ1n) is 6.64. The van der Waals surface area contributed by atoms with Crippen LogP contribution in [0.5, 0.6) is 0 Å². The van der Waals surface area contributed by atoms with Crippen LogP contribution in [0.1, 0.15) is 23.7 Å². The summed E-state index contributed by atoms with van der Waals surface area (Å²) in [4.78, 5) is 23.7. The molecule has 1 aromatic rings. The highest BCUT2D eigenvalue weighted by Gasteiger charge is 2.12. The fourth-order valence-corrected chi connectivity index (χ4v) is 1.59. The highest BCUT2D eigenvalue weighted by Crippen LogP contribution is 2.15. The summed E-state index contributed by atoms with van der Waals surface area (Å²) in [5.41, 5.74) is 6.25. The van der Waals surface area contributed by atoms with Gasteiger partial charge in [-0.3, -0.25) is 9.59 Å². The van der Waals surface area contributed by atoms with Gasteiger partial charge in [0.1, 0.15) is 0 Å². The monoisotopic (exact) mass is 315 g/mol. The maximum Gasteiger partial charge on any atom is 0.253 e. The van der Waals surface area contributed by atoms with E-state index in [0.29, 0.717) is 37.6 Å². The quantitative estimate of drug-likeness (QED) is 0.628. The lowest BCUT2D eigenvalue weighted by Crippen LogP contribution is -2.30. The van der Waals surface area contributed by atoms with Crippen molar-refractivity contribution in [3.05, 3.63) is 29.8 Å². The van der Waals surface area contributed by atoms with Gasteiger partial charge < -0.3 is 21.1 Å². The Morgan fingerprint density at radius 2 is 2.00 bits per heavy atom. The molecule has 1 rings (SSSR count). The van der Waals surface area contributed by atoms with Crippen LogP contribution in [0, 0.1) is 0 Å². The fraction of sp³-hybridized carbons (Fsp3) is 0.429. The first-order valence-corrected chi connectivity index (χ1v) is 6.64. The van der Waals surface area contributed by atoms with Crippen LogP contribution < -0.4 is 16.4 Å².